The average molecular weight is 311 g/mol. The molecule has 0 atom stereocenters. The number of nitrogens with zero attached hydrogens (tertiary/aromatic N) is 1. The van der Waals surface area contributed by atoms with Crippen LogP contribution in [0.15, 0.2) is 54.6 Å². The van der Waals surface area contributed by atoms with Gasteiger partial charge < -0.3 is 4.90 Å². The van der Waals surface area contributed by atoms with E-state index in [4.69, 9.17) is 0 Å². The average Bonchev–Trinajstić information content (AvgIpc) is 2.61. The van der Waals surface area contributed by atoms with E-state index in [1.165, 1.54) is 44.8 Å². The third kappa shape index (κ3) is 1.94. The second-order valence-electron chi connectivity index (χ2n) is 7.19. The Morgan fingerprint density at radius 3 is 2.21 bits per heavy atom. The second kappa shape index (κ2) is 4.98. The molecule has 0 fully saturated rings. The quantitative estimate of drug-likeness (QED) is 0.433. The van der Waals surface area contributed by atoms with E-state index in [1.807, 2.05) is 0 Å². The van der Waals surface area contributed by atoms with E-state index in [9.17, 15) is 0 Å². The van der Waals surface area contributed by atoms with Crippen LogP contribution in [-0.2, 0) is 19.3 Å². The van der Waals surface area contributed by atoms with Crippen molar-refractivity contribution < 1.29 is 0 Å². The van der Waals surface area contributed by atoms with Gasteiger partial charge in [0.25, 0.3) is 0 Å². The van der Waals surface area contributed by atoms with Crippen LogP contribution >= 0.6 is 0 Å². The van der Waals surface area contributed by atoms with Crippen molar-refractivity contribution in [2.75, 3.05) is 11.9 Å². The summed E-state index contributed by atoms with van der Waals surface area (Å²) in [6, 6.07) is 20.4. The molecule has 0 amide bonds. The lowest BCUT2D eigenvalue weighted by Gasteiger charge is -2.34. The van der Waals surface area contributed by atoms with Gasteiger partial charge in [-0.3, -0.25) is 0 Å². The van der Waals surface area contributed by atoms with Crippen molar-refractivity contribution in [1.29, 1.82) is 0 Å². The fraction of sp³-hybridized carbons (Fsp3) is 0.217. The van der Waals surface area contributed by atoms with E-state index in [2.05, 4.69) is 73.5 Å². The molecule has 3 aromatic carbocycles. The highest BCUT2D eigenvalue weighted by Gasteiger charge is 2.26. The molecule has 0 bridgehead atoms. The van der Waals surface area contributed by atoms with Gasteiger partial charge in [-0.2, -0.15) is 0 Å². The lowest BCUT2D eigenvalue weighted by molar-refractivity contribution is 0.945. The van der Waals surface area contributed by atoms with E-state index in [1.54, 1.807) is 5.56 Å². The summed E-state index contributed by atoms with van der Waals surface area (Å²) >= 11 is 0. The zero-order valence-corrected chi connectivity index (χ0v) is 14.3. The Morgan fingerprint density at radius 2 is 1.38 bits per heavy atom. The normalized spacial score (nSPS) is 14.5. The number of hydrogen-bond acceptors (Lipinski definition) is 1. The molecule has 0 unspecified atom stereocenters. The maximum Gasteiger partial charge on any atom is 0.0447 e. The van der Waals surface area contributed by atoms with Crippen molar-refractivity contribution in [1.82, 2.24) is 0 Å². The van der Waals surface area contributed by atoms with E-state index in [-0.39, 0.29) is 0 Å². The first kappa shape index (κ1) is 13.9. The zero-order valence-electron chi connectivity index (χ0n) is 14.3. The maximum absolute atomic E-state index is 2.38. The van der Waals surface area contributed by atoms with Crippen molar-refractivity contribution in [3.8, 4) is 0 Å². The molecule has 0 N–H and O–H groups in total. The number of aryl methyl sites for hydroxylation is 1. The smallest absolute Gasteiger partial charge is 0.0447 e. The lowest BCUT2D eigenvalue weighted by atomic mass is 9.80. The summed E-state index contributed by atoms with van der Waals surface area (Å²) in [6.45, 7) is 2.17. The Balaban J connectivity index is 1.66. The molecule has 1 aliphatic heterocycles. The first-order chi connectivity index (χ1) is 11.7. The summed E-state index contributed by atoms with van der Waals surface area (Å²) in [5.41, 5.74) is 13.1. The minimum atomic E-state index is 1.06. The number of rotatable bonds is 0. The molecule has 24 heavy (non-hydrogen) atoms. The second-order valence-corrected chi connectivity index (χ2v) is 7.19. The highest BCUT2D eigenvalue weighted by Crippen LogP contribution is 2.42. The van der Waals surface area contributed by atoms with Crippen molar-refractivity contribution in [2.24, 2.45) is 0 Å². The van der Waals surface area contributed by atoms with E-state index in [0.29, 0.717) is 0 Å². The van der Waals surface area contributed by atoms with Gasteiger partial charge in [0.1, 0.15) is 0 Å². The van der Waals surface area contributed by atoms with Crippen LogP contribution in [0.3, 0.4) is 0 Å². The van der Waals surface area contributed by atoms with E-state index in [0.717, 1.165) is 19.3 Å². The third-order valence-electron chi connectivity index (χ3n) is 5.70. The molecule has 0 saturated carbocycles. The number of anilines is 2. The molecule has 0 saturated heterocycles. The summed E-state index contributed by atoms with van der Waals surface area (Å²) in [5.74, 6) is 0. The monoisotopic (exact) mass is 311 g/mol. The van der Waals surface area contributed by atoms with E-state index >= 15 is 0 Å². The lowest BCUT2D eigenvalue weighted by Crippen LogP contribution is -2.22. The fourth-order valence-corrected chi connectivity index (χ4v) is 4.38. The largest absolute Gasteiger partial charge is 0.344 e. The molecule has 1 nitrogen and oxygen atoms in total. The molecule has 3 aromatic rings. The Kier molecular flexibility index (Phi) is 2.87. The van der Waals surface area contributed by atoms with Gasteiger partial charge in [-0.25, -0.2) is 0 Å². The Hall–Kier alpha value is -2.54. The summed E-state index contributed by atoms with van der Waals surface area (Å²) in [4.78, 5) is 2.38. The molecule has 0 spiro atoms. The van der Waals surface area contributed by atoms with Crippen molar-refractivity contribution in [3.05, 3.63) is 93.5 Å². The molecule has 1 heterocycles. The molecule has 1 aliphatic carbocycles. The van der Waals surface area contributed by atoms with Gasteiger partial charge in [-0.15, -0.1) is 0 Å². The number of fused-ring (bicyclic) bond motifs is 5. The molecule has 0 radical (unpaired) electrons. The van der Waals surface area contributed by atoms with Crippen LogP contribution in [0, 0.1) is 6.92 Å². The molecule has 0 aromatic heterocycles. The van der Waals surface area contributed by atoms with Gasteiger partial charge in [-0.05, 0) is 70.8 Å². The van der Waals surface area contributed by atoms with Gasteiger partial charge in [0.2, 0.25) is 0 Å². The fourth-order valence-electron chi connectivity index (χ4n) is 4.38. The van der Waals surface area contributed by atoms with Crippen LogP contribution in [0.25, 0.3) is 0 Å². The van der Waals surface area contributed by atoms with Crippen molar-refractivity contribution in [2.45, 2.75) is 26.2 Å². The molecule has 5 rings (SSSR count). The van der Waals surface area contributed by atoms with Crippen LogP contribution in [0.5, 0.6) is 0 Å². The van der Waals surface area contributed by atoms with Crippen LogP contribution in [0.4, 0.5) is 11.4 Å². The minimum Gasteiger partial charge on any atom is -0.344 e. The van der Waals surface area contributed by atoms with E-state index < -0.39 is 0 Å². The van der Waals surface area contributed by atoms with Gasteiger partial charge >= 0.3 is 0 Å². The first-order valence-electron chi connectivity index (χ1n) is 8.74. The predicted molar refractivity (Wildman–Crippen MR) is 101 cm³/mol. The predicted octanol–water partition coefficient (Wildman–Crippen LogP) is 5.16. The first-order valence-corrected chi connectivity index (χ1v) is 8.74. The highest BCUT2D eigenvalue weighted by atomic mass is 15.1. The molecular weight excluding hydrogens is 290 g/mol. The highest BCUT2D eigenvalue weighted by molar-refractivity contribution is 5.76. The number of hydrogen-bond donors (Lipinski definition) is 0. The van der Waals surface area contributed by atoms with Crippen LogP contribution in [-0.4, -0.2) is 7.05 Å². The van der Waals surface area contributed by atoms with Gasteiger partial charge in [0.05, 0.1) is 0 Å². The molecular formula is C23H21N. The summed E-state index contributed by atoms with van der Waals surface area (Å²) in [5, 5.41) is 0. The minimum absolute atomic E-state index is 1.06. The summed E-state index contributed by atoms with van der Waals surface area (Å²) in [6.07, 6.45) is 3.20. The molecule has 1 heteroatoms. The van der Waals surface area contributed by atoms with Crippen LogP contribution in [0.1, 0.15) is 38.9 Å². The summed E-state index contributed by atoms with van der Waals surface area (Å²) < 4.78 is 0. The molecule has 2 aliphatic rings. The third-order valence-corrected chi connectivity index (χ3v) is 5.70. The Morgan fingerprint density at radius 1 is 0.667 bits per heavy atom. The van der Waals surface area contributed by atoms with Gasteiger partial charge in [-0.1, -0.05) is 42.5 Å². The number of benzene rings is 3. The van der Waals surface area contributed by atoms with Crippen molar-refractivity contribution >= 4 is 11.4 Å². The van der Waals surface area contributed by atoms with Crippen LogP contribution in [0.2, 0.25) is 0 Å². The van der Waals surface area contributed by atoms with Gasteiger partial charge in [0, 0.05) is 24.8 Å². The SMILES string of the molecule is Cc1ccc2c(c1)N(C)c1ccc3c(c1C2)Cc1ccccc1C3. The summed E-state index contributed by atoms with van der Waals surface area (Å²) in [7, 11) is 2.21. The standard InChI is InChI=1S/C23H21N/c1-15-7-8-19-14-21-20-13-17-6-4-3-5-16(17)12-18(20)9-10-22(21)24(2)23(19)11-15/h3-11H,12-14H2,1-2H3. The molecule has 118 valence electrons. The van der Waals surface area contributed by atoms with Crippen LogP contribution < -0.4 is 4.90 Å². The van der Waals surface area contributed by atoms with Crippen molar-refractivity contribution in [3.63, 3.8) is 0 Å². The zero-order chi connectivity index (χ0) is 16.3. The maximum atomic E-state index is 2.38. The Labute approximate surface area is 143 Å². The van der Waals surface area contributed by atoms with Gasteiger partial charge in [0.15, 0.2) is 0 Å². The Bertz CT molecular complexity index is 968. The topological polar surface area (TPSA) is 3.24 Å².